The molecular formula is C18H23ClN2. The number of hydrogen-bond donors (Lipinski definition) is 1. The van der Waals surface area contributed by atoms with Gasteiger partial charge in [-0.1, -0.05) is 54.1 Å². The number of nitrogens with two attached hydrogens (primary N) is 1. The number of halogens is 1. The zero-order valence-corrected chi connectivity index (χ0v) is 13.6. The highest BCUT2D eigenvalue weighted by Gasteiger charge is 2.25. The average molecular weight is 303 g/mol. The van der Waals surface area contributed by atoms with E-state index < -0.39 is 0 Å². The van der Waals surface area contributed by atoms with Crippen LogP contribution in [-0.2, 0) is 0 Å². The van der Waals surface area contributed by atoms with Gasteiger partial charge in [0.15, 0.2) is 0 Å². The van der Waals surface area contributed by atoms with Crippen LogP contribution in [0.15, 0.2) is 54.6 Å². The average Bonchev–Trinajstić information content (AvgIpc) is 2.48. The lowest BCUT2D eigenvalue weighted by molar-refractivity contribution is 0.166. The third-order valence-corrected chi connectivity index (χ3v) is 4.29. The van der Waals surface area contributed by atoms with Gasteiger partial charge in [0.1, 0.15) is 0 Å². The SMILES string of the molecule is CC(N)C(c1ccccc1)N(C)C(C)c1ccc(Cl)cc1. The van der Waals surface area contributed by atoms with E-state index in [0.717, 1.165) is 5.02 Å². The Morgan fingerprint density at radius 1 is 0.905 bits per heavy atom. The van der Waals surface area contributed by atoms with Crippen LogP contribution in [0.25, 0.3) is 0 Å². The fraction of sp³-hybridized carbons (Fsp3) is 0.333. The summed E-state index contributed by atoms with van der Waals surface area (Å²) in [5.74, 6) is 0. The summed E-state index contributed by atoms with van der Waals surface area (Å²) in [6, 6.07) is 18.9. The van der Waals surface area contributed by atoms with Crippen LogP contribution in [0.5, 0.6) is 0 Å². The molecule has 0 aliphatic heterocycles. The van der Waals surface area contributed by atoms with E-state index in [9.17, 15) is 0 Å². The number of likely N-dealkylation sites (N-methyl/N-ethyl adjacent to an activating group) is 1. The maximum atomic E-state index is 6.25. The zero-order valence-electron chi connectivity index (χ0n) is 12.8. The first-order chi connectivity index (χ1) is 10.0. The topological polar surface area (TPSA) is 29.3 Å². The van der Waals surface area contributed by atoms with Crippen molar-refractivity contribution < 1.29 is 0 Å². The van der Waals surface area contributed by atoms with E-state index in [-0.39, 0.29) is 18.1 Å². The van der Waals surface area contributed by atoms with Gasteiger partial charge in [0.25, 0.3) is 0 Å². The normalized spacial score (nSPS) is 15.7. The van der Waals surface area contributed by atoms with Crippen molar-refractivity contribution in [3.8, 4) is 0 Å². The Kier molecular flexibility index (Phi) is 5.40. The minimum Gasteiger partial charge on any atom is -0.326 e. The van der Waals surface area contributed by atoms with Crippen LogP contribution < -0.4 is 5.73 Å². The van der Waals surface area contributed by atoms with Crippen molar-refractivity contribution >= 4 is 11.6 Å². The molecule has 2 rings (SSSR count). The fourth-order valence-electron chi connectivity index (χ4n) is 2.78. The second-order valence-electron chi connectivity index (χ2n) is 5.61. The summed E-state index contributed by atoms with van der Waals surface area (Å²) >= 11 is 5.97. The van der Waals surface area contributed by atoms with Gasteiger partial charge in [-0.15, -0.1) is 0 Å². The molecule has 2 nitrogen and oxygen atoms in total. The van der Waals surface area contributed by atoms with Gasteiger partial charge in [-0.25, -0.2) is 0 Å². The van der Waals surface area contributed by atoms with Crippen molar-refractivity contribution in [2.24, 2.45) is 5.73 Å². The highest BCUT2D eigenvalue weighted by molar-refractivity contribution is 6.30. The lowest BCUT2D eigenvalue weighted by Gasteiger charge is -2.36. The van der Waals surface area contributed by atoms with E-state index in [1.54, 1.807) is 0 Å². The van der Waals surface area contributed by atoms with Gasteiger partial charge < -0.3 is 5.73 Å². The molecule has 0 fully saturated rings. The lowest BCUT2D eigenvalue weighted by Crippen LogP contribution is -2.38. The highest BCUT2D eigenvalue weighted by Crippen LogP contribution is 2.31. The van der Waals surface area contributed by atoms with E-state index >= 15 is 0 Å². The quantitative estimate of drug-likeness (QED) is 0.886. The Labute approximate surface area is 132 Å². The number of hydrogen-bond acceptors (Lipinski definition) is 2. The molecule has 0 spiro atoms. The number of rotatable bonds is 5. The largest absolute Gasteiger partial charge is 0.326 e. The Hall–Kier alpha value is -1.35. The molecule has 21 heavy (non-hydrogen) atoms. The highest BCUT2D eigenvalue weighted by atomic mass is 35.5. The first-order valence-corrected chi connectivity index (χ1v) is 7.66. The third kappa shape index (κ3) is 3.85. The monoisotopic (exact) mass is 302 g/mol. The summed E-state index contributed by atoms with van der Waals surface area (Å²) in [7, 11) is 2.13. The molecule has 0 aromatic heterocycles. The van der Waals surface area contributed by atoms with E-state index in [0.29, 0.717) is 0 Å². The van der Waals surface area contributed by atoms with Gasteiger partial charge in [0, 0.05) is 23.1 Å². The third-order valence-electron chi connectivity index (χ3n) is 4.04. The number of benzene rings is 2. The van der Waals surface area contributed by atoms with Crippen molar-refractivity contribution in [2.45, 2.75) is 32.0 Å². The summed E-state index contributed by atoms with van der Waals surface area (Å²) in [6.45, 7) is 4.25. The molecule has 3 atom stereocenters. The van der Waals surface area contributed by atoms with Gasteiger partial charge >= 0.3 is 0 Å². The molecule has 0 amide bonds. The number of nitrogens with zero attached hydrogens (tertiary/aromatic N) is 1. The second kappa shape index (κ2) is 7.08. The molecule has 3 heteroatoms. The first-order valence-electron chi connectivity index (χ1n) is 7.28. The standard InChI is InChI=1S/C18H23ClN2/c1-13(20)18(16-7-5-4-6-8-16)21(3)14(2)15-9-11-17(19)12-10-15/h4-14,18H,20H2,1-3H3. The van der Waals surface area contributed by atoms with Crippen LogP contribution in [0.4, 0.5) is 0 Å². The van der Waals surface area contributed by atoms with Crippen molar-refractivity contribution in [2.75, 3.05) is 7.05 Å². The molecule has 112 valence electrons. The summed E-state index contributed by atoms with van der Waals surface area (Å²) < 4.78 is 0. The minimum absolute atomic E-state index is 0.0483. The van der Waals surface area contributed by atoms with Crippen molar-refractivity contribution in [1.82, 2.24) is 4.90 Å². The Morgan fingerprint density at radius 3 is 2.00 bits per heavy atom. The molecule has 0 saturated carbocycles. The lowest BCUT2D eigenvalue weighted by atomic mass is 9.96. The van der Waals surface area contributed by atoms with E-state index in [4.69, 9.17) is 17.3 Å². The molecule has 0 aliphatic carbocycles. The van der Waals surface area contributed by atoms with Crippen molar-refractivity contribution in [1.29, 1.82) is 0 Å². The Morgan fingerprint density at radius 2 is 1.48 bits per heavy atom. The second-order valence-corrected chi connectivity index (χ2v) is 6.04. The van der Waals surface area contributed by atoms with Crippen LogP contribution in [0.3, 0.4) is 0 Å². The molecule has 2 N–H and O–H groups in total. The maximum Gasteiger partial charge on any atom is 0.0499 e. The zero-order chi connectivity index (χ0) is 15.4. The molecule has 2 aromatic rings. The van der Waals surface area contributed by atoms with E-state index in [1.165, 1.54) is 11.1 Å². The van der Waals surface area contributed by atoms with Crippen LogP contribution in [-0.4, -0.2) is 18.0 Å². The molecule has 0 bridgehead atoms. The summed E-state index contributed by atoms with van der Waals surface area (Å²) in [4.78, 5) is 2.32. The first kappa shape index (κ1) is 16.0. The summed E-state index contributed by atoms with van der Waals surface area (Å²) in [5, 5.41) is 0.764. The van der Waals surface area contributed by atoms with Crippen molar-refractivity contribution in [3.05, 3.63) is 70.7 Å². The fourth-order valence-corrected chi connectivity index (χ4v) is 2.90. The van der Waals surface area contributed by atoms with Gasteiger partial charge in [-0.3, -0.25) is 4.90 Å². The molecular weight excluding hydrogens is 280 g/mol. The maximum absolute atomic E-state index is 6.25. The molecule has 0 radical (unpaired) electrons. The molecule has 0 aliphatic rings. The predicted octanol–water partition coefficient (Wildman–Crippen LogP) is 4.42. The summed E-state index contributed by atoms with van der Waals surface area (Å²) in [6.07, 6.45) is 0. The van der Waals surface area contributed by atoms with Gasteiger partial charge in [0.05, 0.1) is 0 Å². The summed E-state index contributed by atoms with van der Waals surface area (Å²) in [5.41, 5.74) is 8.73. The van der Waals surface area contributed by atoms with Crippen LogP contribution in [0.1, 0.15) is 37.1 Å². The molecule has 2 aromatic carbocycles. The molecule has 0 heterocycles. The molecule has 0 saturated heterocycles. The van der Waals surface area contributed by atoms with Crippen LogP contribution >= 0.6 is 11.6 Å². The van der Waals surface area contributed by atoms with Gasteiger partial charge in [-0.05, 0) is 44.2 Å². The predicted molar refractivity (Wildman–Crippen MR) is 90.5 cm³/mol. The van der Waals surface area contributed by atoms with E-state index in [2.05, 4.69) is 62.2 Å². The Balaban J connectivity index is 2.26. The van der Waals surface area contributed by atoms with Gasteiger partial charge in [0.2, 0.25) is 0 Å². The van der Waals surface area contributed by atoms with Crippen LogP contribution in [0.2, 0.25) is 5.02 Å². The smallest absolute Gasteiger partial charge is 0.0499 e. The van der Waals surface area contributed by atoms with Gasteiger partial charge in [-0.2, -0.15) is 0 Å². The minimum atomic E-state index is 0.0483. The molecule has 3 unspecified atom stereocenters. The van der Waals surface area contributed by atoms with Crippen LogP contribution in [0, 0.1) is 0 Å². The van der Waals surface area contributed by atoms with Crippen molar-refractivity contribution in [3.63, 3.8) is 0 Å². The Bertz CT molecular complexity index is 551. The van der Waals surface area contributed by atoms with E-state index in [1.807, 2.05) is 18.2 Å².